The van der Waals surface area contributed by atoms with Gasteiger partial charge in [-0.05, 0) is 24.9 Å². The second-order valence-electron chi connectivity index (χ2n) is 5.46. The first-order valence-electron chi connectivity index (χ1n) is 7.19. The monoisotopic (exact) mass is 276 g/mol. The number of aryl methyl sites for hydroxylation is 2. The zero-order chi connectivity index (χ0) is 14.5. The molecule has 0 unspecified atom stereocenters. The van der Waals surface area contributed by atoms with Gasteiger partial charge in [0, 0.05) is 7.05 Å². The van der Waals surface area contributed by atoms with Crippen molar-refractivity contribution in [3.05, 3.63) is 29.6 Å². The van der Waals surface area contributed by atoms with Crippen molar-refractivity contribution in [3.8, 4) is 0 Å². The van der Waals surface area contributed by atoms with E-state index in [2.05, 4.69) is 47.3 Å². The second kappa shape index (κ2) is 6.65. The maximum absolute atomic E-state index is 4.46. The first kappa shape index (κ1) is 14.7. The van der Waals surface area contributed by atoms with Crippen LogP contribution in [0.2, 0.25) is 0 Å². The fourth-order valence-corrected chi connectivity index (χ4v) is 2.08. The van der Waals surface area contributed by atoms with Crippen molar-refractivity contribution in [2.75, 3.05) is 6.54 Å². The lowest BCUT2D eigenvalue weighted by atomic mass is 10.2. The van der Waals surface area contributed by atoms with Gasteiger partial charge in [-0.15, -0.1) is 0 Å². The predicted molar refractivity (Wildman–Crippen MR) is 78.3 cm³/mol. The van der Waals surface area contributed by atoms with Crippen LogP contribution in [0.5, 0.6) is 0 Å². The van der Waals surface area contributed by atoms with Crippen molar-refractivity contribution < 1.29 is 0 Å². The summed E-state index contributed by atoms with van der Waals surface area (Å²) in [6.07, 6.45) is 2.57. The third-order valence-corrected chi connectivity index (χ3v) is 3.23. The van der Waals surface area contributed by atoms with Crippen LogP contribution in [-0.4, -0.2) is 31.1 Å². The molecule has 0 aromatic carbocycles. The Morgan fingerprint density at radius 2 is 2.15 bits per heavy atom. The van der Waals surface area contributed by atoms with E-state index in [0.717, 1.165) is 36.7 Å². The summed E-state index contributed by atoms with van der Waals surface area (Å²) in [6, 6.07) is 2.13. The molecular weight excluding hydrogens is 252 g/mol. The average molecular weight is 276 g/mol. The highest BCUT2D eigenvalue weighted by molar-refractivity contribution is 5.10. The van der Waals surface area contributed by atoms with Crippen LogP contribution in [0.15, 0.2) is 12.4 Å². The summed E-state index contributed by atoms with van der Waals surface area (Å²) in [7, 11) is 1.97. The molecule has 110 valence electrons. The molecule has 0 amide bonds. The van der Waals surface area contributed by atoms with Crippen molar-refractivity contribution in [1.29, 1.82) is 0 Å². The summed E-state index contributed by atoms with van der Waals surface area (Å²) < 4.78 is 3.86. The fraction of sp³-hybridized carbons (Fsp3) is 0.643. The van der Waals surface area contributed by atoms with Crippen LogP contribution < -0.4 is 5.32 Å². The van der Waals surface area contributed by atoms with Crippen LogP contribution in [0, 0.1) is 5.92 Å². The average Bonchev–Trinajstić information content (AvgIpc) is 2.97. The lowest BCUT2D eigenvalue weighted by molar-refractivity contribution is 0.518. The molecule has 0 aliphatic carbocycles. The van der Waals surface area contributed by atoms with E-state index in [4.69, 9.17) is 0 Å². The minimum Gasteiger partial charge on any atom is -0.310 e. The van der Waals surface area contributed by atoms with Crippen LogP contribution in [-0.2, 0) is 26.6 Å². The van der Waals surface area contributed by atoms with Crippen molar-refractivity contribution in [2.45, 2.75) is 40.3 Å². The maximum Gasteiger partial charge on any atom is 0.141 e. The van der Waals surface area contributed by atoms with Gasteiger partial charge in [-0.2, -0.15) is 10.2 Å². The zero-order valence-corrected chi connectivity index (χ0v) is 12.8. The third-order valence-electron chi connectivity index (χ3n) is 3.23. The number of hydrogen-bond donors (Lipinski definition) is 1. The molecule has 0 saturated heterocycles. The zero-order valence-electron chi connectivity index (χ0n) is 12.8. The Labute approximate surface area is 120 Å². The molecule has 0 radical (unpaired) electrons. The number of rotatable bonds is 7. The summed E-state index contributed by atoms with van der Waals surface area (Å²) in [6.45, 7) is 8.94. The predicted octanol–water partition coefficient (Wildman–Crippen LogP) is 1.37. The summed E-state index contributed by atoms with van der Waals surface area (Å²) in [5.41, 5.74) is 2.26. The Kier molecular flexibility index (Phi) is 4.89. The number of hydrogen-bond acceptors (Lipinski definition) is 4. The van der Waals surface area contributed by atoms with E-state index >= 15 is 0 Å². The van der Waals surface area contributed by atoms with Crippen molar-refractivity contribution in [1.82, 2.24) is 29.9 Å². The molecule has 2 rings (SSSR count). The summed E-state index contributed by atoms with van der Waals surface area (Å²) in [4.78, 5) is 4.33. The lowest BCUT2D eigenvalue weighted by Crippen LogP contribution is -2.22. The second-order valence-corrected chi connectivity index (χ2v) is 5.46. The lowest BCUT2D eigenvalue weighted by Gasteiger charge is -2.09. The molecular formula is C14H24N6. The molecule has 20 heavy (non-hydrogen) atoms. The standard InChI is InChI=1S/C14H24N6/c1-5-12-6-13(19(4)18-12)9-20-14(16-10-17-20)8-15-7-11(2)3/h6,10-11,15H,5,7-9H2,1-4H3. The molecule has 2 aromatic rings. The number of nitrogens with one attached hydrogen (secondary N) is 1. The Balaban J connectivity index is 2.02. The van der Waals surface area contributed by atoms with Crippen LogP contribution in [0.4, 0.5) is 0 Å². The van der Waals surface area contributed by atoms with Crippen LogP contribution in [0.1, 0.15) is 38.0 Å². The van der Waals surface area contributed by atoms with Gasteiger partial charge < -0.3 is 5.32 Å². The Bertz CT molecular complexity index is 540. The topological polar surface area (TPSA) is 60.6 Å². The molecule has 2 heterocycles. The van der Waals surface area contributed by atoms with Gasteiger partial charge in [-0.25, -0.2) is 9.67 Å². The SMILES string of the molecule is CCc1cc(Cn2ncnc2CNCC(C)C)n(C)n1. The molecule has 0 bridgehead atoms. The molecule has 6 heteroatoms. The largest absolute Gasteiger partial charge is 0.310 e. The quantitative estimate of drug-likeness (QED) is 0.829. The first-order valence-corrected chi connectivity index (χ1v) is 7.19. The van der Waals surface area contributed by atoms with Crippen molar-refractivity contribution in [2.24, 2.45) is 13.0 Å². The summed E-state index contributed by atoms with van der Waals surface area (Å²) in [5.74, 6) is 1.60. The minimum atomic E-state index is 0.635. The van der Waals surface area contributed by atoms with Crippen LogP contribution in [0.25, 0.3) is 0 Å². The molecule has 2 aromatic heterocycles. The molecule has 1 N–H and O–H groups in total. The van der Waals surface area contributed by atoms with E-state index in [-0.39, 0.29) is 0 Å². The smallest absolute Gasteiger partial charge is 0.141 e. The minimum absolute atomic E-state index is 0.635. The van der Waals surface area contributed by atoms with Gasteiger partial charge in [-0.1, -0.05) is 20.8 Å². The number of aromatic nitrogens is 5. The molecule has 6 nitrogen and oxygen atoms in total. The van der Waals surface area contributed by atoms with Gasteiger partial charge in [-0.3, -0.25) is 4.68 Å². The normalized spacial score (nSPS) is 11.4. The van der Waals surface area contributed by atoms with Gasteiger partial charge >= 0.3 is 0 Å². The van der Waals surface area contributed by atoms with Crippen molar-refractivity contribution >= 4 is 0 Å². The van der Waals surface area contributed by atoms with Gasteiger partial charge in [0.05, 0.1) is 24.5 Å². The van der Waals surface area contributed by atoms with Crippen LogP contribution >= 0.6 is 0 Å². The number of nitrogens with zero attached hydrogens (tertiary/aromatic N) is 5. The van der Waals surface area contributed by atoms with E-state index < -0.39 is 0 Å². The van der Waals surface area contributed by atoms with E-state index in [1.807, 2.05) is 16.4 Å². The van der Waals surface area contributed by atoms with Crippen molar-refractivity contribution in [3.63, 3.8) is 0 Å². The van der Waals surface area contributed by atoms with Gasteiger partial charge in [0.1, 0.15) is 12.2 Å². The Morgan fingerprint density at radius 3 is 2.80 bits per heavy atom. The first-order chi connectivity index (χ1) is 9.60. The maximum atomic E-state index is 4.46. The molecule has 0 spiro atoms. The van der Waals surface area contributed by atoms with E-state index in [1.165, 1.54) is 0 Å². The summed E-state index contributed by atoms with van der Waals surface area (Å²) >= 11 is 0. The van der Waals surface area contributed by atoms with Gasteiger partial charge in [0.2, 0.25) is 0 Å². The molecule has 0 fully saturated rings. The highest BCUT2D eigenvalue weighted by Gasteiger charge is 2.09. The fourth-order valence-electron chi connectivity index (χ4n) is 2.08. The Hall–Kier alpha value is -1.69. The molecule has 0 saturated carbocycles. The molecule has 0 aliphatic rings. The molecule has 0 atom stereocenters. The van der Waals surface area contributed by atoms with E-state index in [0.29, 0.717) is 12.5 Å². The van der Waals surface area contributed by atoms with Gasteiger partial charge in [0.25, 0.3) is 0 Å². The van der Waals surface area contributed by atoms with E-state index in [9.17, 15) is 0 Å². The third kappa shape index (κ3) is 3.66. The summed E-state index contributed by atoms with van der Waals surface area (Å²) in [5, 5.41) is 12.2. The van der Waals surface area contributed by atoms with Crippen LogP contribution in [0.3, 0.4) is 0 Å². The van der Waals surface area contributed by atoms with E-state index in [1.54, 1.807) is 6.33 Å². The highest BCUT2D eigenvalue weighted by atomic mass is 15.4. The van der Waals surface area contributed by atoms with Gasteiger partial charge in [0.15, 0.2) is 0 Å². The Morgan fingerprint density at radius 1 is 1.35 bits per heavy atom. The molecule has 0 aliphatic heterocycles. The highest BCUT2D eigenvalue weighted by Crippen LogP contribution is 2.07.